The van der Waals surface area contributed by atoms with Crippen molar-refractivity contribution in [1.29, 1.82) is 0 Å². The van der Waals surface area contributed by atoms with Gasteiger partial charge >= 0.3 is 5.69 Å². The van der Waals surface area contributed by atoms with Crippen LogP contribution in [-0.4, -0.2) is 13.3 Å². The van der Waals surface area contributed by atoms with Crippen molar-refractivity contribution in [3.63, 3.8) is 0 Å². The number of hydrogen-bond acceptors (Lipinski definition) is 4. The second-order valence-electron chi connectivity index (χ2n) is 2.28. The van der Waals surface area contributed by atoms with Gasteiger partial charge in [-0.3, -0.25) is 10.1 Å². The lowest BCUT2D eigenvalue weighted by molar-refractivity contribution is -0.388. The Balaban J connectivity index is 3.61. The van der Waals surface area contributed by atoms with Gasteiger partial charge in [-0.2, -0.15) is 0 Å². The summed E-state index contributed by atoms with van der Waals surface area (Å²) in [5.74, 6) is 0. The van der Waals surface area contributed by atoms with Gasteiger partial charge in [0.1, 0.15) is 0 Å². The molecule has 0 aliphatic carbocycles. The van der Waals surface area contributed by atoms with E-state index < -0.39 is 24.6 Å². The molecule has 0 spiro atoms. The summed E-state index contributed by atoms with van der Waals surface area (Å²) in [6.07, 6.45) is 0. The third-order valence-corrected chi connectivity index (χ3v) is 3.39. The highest BCUT2D eigenvalue weighted by atomic mass is 79.9. The second kappa shape index (κ2) is 3.84. The summed E-state index contributed by atoms with van der Waals surface area (Å²) in [5, 5.41) is 10.5. The lowest BCUT2D eigenvalue weighted by atomic mass is 10.3. The monoisotopic (exact) mass is 299 g/mol. The molecule has 0 heterocycles. The molecule has 0 aliphatic heterocycles. The molecular formula is C6H3BrClNO4S. The largest absolute Gasteiger partial charge is 0.303 e. The Labute approximate surface area is 92.4 Å². The van der Waals surface area contributed by atoms with Gasteiger partial charge < -0.3 is 0 Å². The summed E-state index contributed by atoms with van der Waals surface area (Å²) < 4.78 is 22.0. The van der Waals surface area contributed by atoms with Gasteiger partial charge in [0.25, 0.3) is 9.05 Å². The van der Waals surface area contributed by atoms with E-state index in [1.54, 1.807) is 0 Å². The zero-order valence-corrected chi connectivity index (χ0v) is 9.63. The van der Waals surface area contributed by atoms with Crippen molar-refractivity contribution >= 4 is 41.4 Å². The molecule has 0 saturated carbocycles. The third kappa shape index (κ3) is 2.23. The van der Waals surface area contributed by atoms with Gasteiger partial charge in [0.2, 0.25) is 0 Å². The lowest BCUT2D eigenvalue weighted by Crippen LogP contribution is -1.99. The minimum atomic E-state index is -4.10. The summed E-state index contributed by atoms with van der Waals surface area (Å²) in [4.78, 5) is 9.22. The Bertz CT molecular complexity index is 487. The van der Waals surface area contributed by atoms with Crippen LogP contribution in [0.15, 0.2) is 27.6 Å². The molecule has 76 valence electrons. The number of halogens is 2. The van der Waals surface area contributed by atoms with Crippen LogP contribution in [0.2, 0.25) is 0 Å². The van der Waals surface area contributed by atoms with Crippen LogP contribution < -0.4 is 0 Å². The van der Waals surface area contributed by atoms with Crippen LogP contribution in [-0.2, 0) is 9.05 Å². The molecule has 1 aromatic rings. The average Bonchev–Trinajstić information content (AvgIpc) is 2.01. The lowest BCUT2D eigenvalue weighted by Gasteiger charge is -1.99. The molecule has 0 fully saturated rings. The number of nitro benzene ring substituents is 1. The molecule has 1 aromatic carbocycles. The third-order valence-electron chi connectivity index (χ3n) is 1.40. The van der Waals surface area contributed by atoms with Crippen molar-refractivity contribution in [2.45, 2.75) is 4.90 Å². The molecule has 0 saturated heterocycles. The van der Waals surface area contributed by atoms with E-state index in [0.717, 1.165) is 6.07 Å². The first kappa shape index (κ1) is 11.4. The molecular weight excluding hydrogens is 297 g/mol. The Morgan fingerprint density at radius 2 is 2.00 bits per heavy atom. The summed E-state index contributed by atoms with van der Waals surface area (Å²) >= 11 is 2.88. The second-order valence-corrected chi connectivity index (χ2v) is 5.67. The van der Waals surface area contributed by atoms with Crippen molar-refractivity contribution in [2.75, 3.05) is 0 Å². The first-order chi connectivity index (χ1) is 6.34. The standard InChI is InChI=1S/C6H3BrClNO4S/c7-4-2-1-3-5(14(8,12)13)6(4)9(10)11/h1-3H. The Morgan fingerprint density at radius 1 is 1.43 bits per heavy atom. The zero-order chi connectivity index (χ0) is 10.9. The van der Waals surface area contributed by atoms with E-state index in [1.807, 2.05) is 0 Å². The molecule has 0 aromatic heterocycles. The molecule has 0 atom stereocenters. The SMILES string of the molecule is O=[N+]([O-])c1c(Br)cccc1S(=O)(=O)Cl. The van der Waals surface area contributed by atoms with E-state index in [-0.39, 0.29) is 4.47 Å². The van der Waals surface area contributed by atoms with Gasteiger partial charge in [0, 0.05) is 10.7 Å². The van der Waals surface area contributed by atoms with Crippen molar-refractivity contribution in [3.8, 4) is 0 Å². The fraction of sp³-hybridized carbons (Fsp3) is 0. The molecule has 0 unspecified atom stereocenters. The van der Waals surface area contributed by atoms with E-state index in [2.05, 4.69) is 15.9 Å². The van der Waals surface area contributed by atoms with E-state index in [4.69, 9.17) is 10.7 Å². The van der Waals surface area contributed by atoms with Crippen molar-refractivity contribution in [2.24, 2.45) is 0 Å². The Hall–Kier alpha value is -0.660. The van der Waals surface area contributed by atoms with Gasteiger partial charge in [0.15, 0.2) is 4.90 Å². The molecule has 14 heavy (non-hydrogen) atoms. The van der Waals surface area contributed by atoms with Gasteiger partial charge in [-0.25, -0.2) is 8.42 Å². The summed E-state index contributed by atoms with van der Waals surface area (Å²) in [6.45, 7) is 0. The number of rotatable bonds is 2. The highest BCUT2D eigenvalue weighted by molar-refractivity contribution is 9.10. The van der Waals surface area contributed by atoms with Gasteiger partial charge in [-0.1, -0.05) is 6.07 Å². The molecule has 0 radical (unpaired) electrons. The van der Waals surface area contributed by atoms with E-state index in [9.17, 15) is 18.5 Å². The number of nitro groups is 1. The number of hydrogen-bond donors (Lipinski definition) is 0. The van der Waals surface area contributed by atoms with Crippen molar-refractivity contribution in [1.82, 2.24) is 0 Å². The molecule has 0 amide bonds. The number of benzene rings is 1. The fourth-order valence-corrected chi connectivity index (χ4v) is 2.54. The van der Waals surface area contributed by atoms with E-state index >= 15 is 0 Å². The zero-order valence-electron chi connectivity index (χ0n) is 6.48. The number of nitrogens with zero attached hydrogens (tertiary/aromatic N) is 1. The van der Waals surface area contributed by atoms with Crippen molar-refractivity contribution in [3.05, 3.63) is 32.8 Å². The molecule has 5 nitrogen and oxygen atoms in total. The van der Waals surface area contributed by atoms with Crippen LogP contribution in [0.25, 0.3) is 0 Å². The first-order valence-electron chi connectivity index (χ1n) is 3.21. The van der Waals surface area contributed by atoms with Gasteiger partial charge in [-0.15, -0.1) is 0 Å². The molecule has 0 bridgehead atoms. The minimum Gasteiger partial charge on any atom is -0.258 e. The van der Waals surface area contributed by atoms with Crippen LogP contribution >= 0.6 is 26.6 Å². The van der Waals surface area contributed by atoms with E-state index in [1.165, 1.54) is 12.1 Å². The Morgan fingerprint density at radius 3 is 2.36 bits per heavy atom. The quantitative estimate of drug-likeness (QED) is 0.477. The maximum absolute atomic E-state index is 11.0. The molecule has 0 N–H and O–H groups in total. The predicted octanol–water partition coefficient (Wildman–Crippen LogP) is 2.28. The highest BCUT2D eigenvalue weighted by Crippen LogP contribution is 2.33. The summed E-state index contributed by atoms with van der Waals surface area (Å²) in [5.41, 5.74) is -0.553. The van der Waals surface area contributed by atoms with Crippen LogP contribution in [0.1, 0.15) is 0 Å². The smallest absolute Gasteiger partial charge is 0.258 e. The normalized spacial score (nSPS) is 11.3. The van der Waals surface area contributed by atoms with Gasteiger partial charge in [0.05, 0.1) is 9.40 Å². The van der Waals surface area contributed by atoms with Crippen LogP contribution in [0.5, 0.6) is 0 Å². The first-order valence-corrected chi connectivity index (χ1v) is 6.32. The number of para-hydroxylation sites is 1. The van der Waals surface area contributed by atoms with Gasteiger partial charge in [-0.05, 0) is 28.1 Å². The summed E-state index contributed by atoms with van der Waals surface area (Å²) in [6, 6.07) is 3.79. The average molecular weight is 301 g/mol. The maximum atomic E-state index is 11.0. The van der Waals surface area contributed by atoms with Crippen LogP contribution in [0, 0.1) is 10.1 Å². The van der Waals surface area contributed by atoms with E-state index in [0.29, 0.717) is 0 Å². The van der Waals surface area contributed by atoms with Crippen LogP contribution in [0.4, 0.5) is 5.69 Å². The van der Waals surface area contributed by atoms with Crippen LogP contribution in [0.3, 0.4) is 0 Å². The maximum Gasteiger partial charge on any atom is 0.303 e. The topological polar surface area (TPSA) is 77.3 Å². The summed E-state index contributed by atoms with van der Waals surface area (Å²) in [7, 11) is 0.926. The molecule has 0 aliphatic rings. The minimum absolute atomic E-state index is 0.0734. The fourth-order valence-electron chi connectivity index (χ4n) is 0.869. The molecule has 8 heteroatoms. The predicted molar refractivity (Wildman–Crippen MR) is 53.8 cm³/mol. The Kier molecular flexibility index (Phi) is 3.13. The molecule has 1 rings (SSSR count). The van der Waals surface area contributed by atoms with Crippen molar-refractivity contribution < 1.29 is 13.3 Å². The highest BCUT2D eigenvalue weighted by Gasteiger charge is 2.26.